The quantitative estimate of drug-likeness (QED) is 0.0721. The van der Waals surface area contributed by atoms with Crippen molar-refractivity contribution >= 4 is 36.1 Å². The molecule has 0 unspecified atom stereocenters. The normalized spacial score (nSPS) is 36.8. The van der Waals surface area contributed by atoms with Crippen molar-refractivity contribution in [1.82, 2.24) is 5.32 Å². The van der Waals surface area contributed by atoms with Gasteiger partial charge in [-0.25, -0.2) is 4.79 Å². The smallest absolute Gasteiger partial charge is 0.482 e. The maximum Gasteiger partial charge on any atom is 0.491 e. The molecule has 3 aliphatic carbocycles. The van der Waals surface area contributed by atoms with Gasteiger partial charge in [-0.2, -0.15) is 0 Å². The van der Waals surface area contributed by atoms with Gasteiger partial charge in [0.2, 0.25) is 5.91 Å². The maximum absolute atomic E-state index is 13.7. The predicted molar refractivity (Wildman–Crippen MR) is 161 cm³/mol. The fraction of sp³-hybridized carbons (Fsp3) is 0.625. The Morgan fingerprint density at radius 1 is 1.25 bits per heavy atom. The SMILES string of the molecule is C/C(=N/O)NC(=O)/C=C/[C@]1(C)C[C@@H](OC(=O)COc2ccc3c(c2)B(O)OC3)[C@]2(C)[C@H](C)CC[C@]3(CCC(=O)[C@H]32)[C@@H](C)[C@@H]1O. The summed E-state index contributed by atoms with van der Waals surface area (Å²) in [5, 5.41) is 36.4. The van der Waals surface area contributed by atoms with Crippen LogP contribution in [-0.2, 0) is 30.4 Å². The van der Waals surface area contributed by atoms with Gasteiger partial charge in [0.15, 0.2) is 6.61 Å². The van der Waals surface area contributed by atoms with Crippen LogP contribution in [0.1, 0.15) is 72.3 Å². The zero-order chi connectivity index (χ0) is 32.0. The van der Waals surface area contributed by atoms with E-state index in [-0.39, 0.29) is 35.8 Å². The molecule has 11 nitrogen and oxygen atoms in total. The number of rotatable bonds is 6. The second-order valence-electron chi connectivity index (χ2n) is 13.7. The lowest BCUT2D eigenvalue weighted by Gasteiger charge is -2.61. The highest BCUT2D eigenvalue weighted by Gasteiger charge is 2.68. The number of fused-ring (bicyclic) bond motifs is 1. The van der Waals surface area contributed by atoms with Crippen LogP contribution in [0.25, 0.3) is 0 Å². The van der Waals surface area contributed by atoms with E-state index in [4.69, 9.17) is 19.3 Å². The van der Waals surface area contributed by atoms with Crippen molar-refractivity contribution in [3.8, 4) is 5.75 Å². The van der Waals surface area contributed by atoms with Gasteiger partial charge in [-0.3, -0.25) is 9.59 Å². The summed E-state index contributed by atoms with van der Waals surface area (Å²) in [6.45, 7) is 9.34. The molecule has 1 amide bonds. The minimum Gasteiger partial charge on any atom is -0.482 e. The number of nitrogens with one attached hydrogen (secondary N) is 1. The number of hydrogen-bond acceptors (Lipinski definition) is 10. The van der Waals surface area contributed by atoms with Crippen molar-refractivity contribution in [1.29, 1.82) is 0 Å². The van der Waals surface area contributed by atoms with Crippen LogP contribution < -0.4 is 15.5 Å². The number of hydrogen-bond donors (Lipinski definition) is 4. The van der Waals surface area contributed by atoms with E-state index in [2.05, 4.69) is 17.4 Å². The molecular weight excluding hydrogens is 567 g/mol. The van der Waals surface area contributed by atoms with E-state index < -0.39 is 54.1 Å². The number of esters is 1. The van der Waals surface area contributed by atoms with Crippen LogP contribution in [0.2, 0.25) is 0 Å². The fourth-order valence-electron chi connectivity index (χ4n) is 8.59. The summed E-state index contributed by atoms with van der Waals surface area (Å²) in [5.41, 5.74) is -0.763. The van der Waals surface area contributed by atoms with Crippen LogP contribution in [-0.4, -0.2) is 64.8 Å². The highest BCUT2D eigenvalue weighted by molar-refractivity contribution is 6.61. The minimum atomic E-state index is -1.05. The van der Waals surface area contributed by atoms with Gasteiger partial charge in [0.05, 0.1) is 12.7 Å². The number of carbonyl (C=O) groups is 3. The summed E-state index contributed by atoms with van der Waals surface area (Å²) in [5.74, 6) is -1.20. The molecule has 3 saturated carbocycles. The van der Waals surface area contributed by atoms with Gasteiger partial charge in [0.25, 0.3) is 0 Å². The molecule has 0 saturated heterocycles. The lowest BCUT2D eigenvalue weighted by molar-refractivity contribution is -0.207. The molecule has 2 bridgehead atoms. The number of aliphatic hydroxyl groups is 1. The van der Waals surface area contributed by atoms with Crippen molar-refractivity contribution in [3.05, 3.63) is 35.9 Å². The Morgan fingerprint density at radius 2 is 2.00 bits per heavy atom. The predicted octanol–water partition coefficient (Wildman–Crippen LogP) is 2.48. The minimum absolute atomic E-state index is 0.0238. The Kier molecular flexibility index (Phi) is 8.74. The number of amidine groups is 1. The highest BCUT2D eigenvalue weighted by Crippen LogP contribution is 2.68. The van der Waals surface area contributed by atoms with E-state index >= 15 is 0 Å². The first kappa shape index (κ1) is 32.2. The maximum atomic E-state index is 13.7. The third kappa shape index (κ3) is 5.45. The molecule has 4 aliphatic rings. The van der Waals surface area contributed by atoms with Gasteiger partial charge in [0.1, 0.15) is 23.5 Å². The number of carbonyl (C=O) groups excluding carboxylic acids is 3. The molecule has 0 spiro atoms. The van der Waals surface area contributed by atoms with Crippen LogP contribution in [0.4, 0.5) is 0 Å². The van der Waals surface area contributed by atoms with Gasteiger partial charge in [0, 0.05) is 23.2 Å². The van der Waals surface area contributed by atoms with Gasteiger partial charge in [-0.05, 0) is 79.1 Å². The summed E-state index contributed by atoms with van der Waals surface area (Å²) in [6.07, 6.45) is 4.08. The standard InChI is InChI=1S/C32H43BN2O9/c1-18-8-12-32-13-9-24(36)28(32)31(18,5)25(15-30(4,29(39)19(32)2)11-10-26(37)34-20(3)35-41)44-27(38)17-42-22-7-6-21-16-43-33(40)23(21)14-22/h6-7,10-11,14,18-19,25,28-29,39-41H,8-9,12-13,15-17H2,1-5H3,(H,34,35,37)/b11-10+/t18-,19+,25-,28+,29+,30-,31+,32+/m1/s1. The number of Topliss-reactive ketones (excluding diaryl/α,β-unsaturated/α-hetero) is 1. The Bertz CT molecular complexity index is 1380. The van der Waals surface area contributed by atoms with Crippen molar-refractivity contribution in [2.75, 3.05) is 6.61 Å². The molecule has 4 N–H and O–H groups in total. The van der Waals surface area contributed by atoms with E-state index in [9.17, 15) is 24.5 Å². The monoisotopic (exact) mass is 610 g/mol. The number of ether oxygens (including phenoxy) is 2. The lowest BCUT2D eigenvalue weighted by atomic mass is 9.44. The molecule has 1 aromatic carbocycles. The van der Waals surface area contributed by atoms with Crippen LogP contribution in [0.3, 0.4) is 0 Å². The first-order valence-electron chi connectivity index (χ1n) is 15.4. The summed E-state index contributed by atoms with van der Waals surface area (Å²) < 4.78 is 17.3. The van der Waals surface area contributed by atoms with E-state index in [1.165, 1.54) is 13.0 Å². The van der Waals surface area contributed by atoms with Crippen molar-refractivity contribution in [2.24, 2.45) is 39.2 Å². The van der Waals surface area contributed by atoms with Crippen LogP contribution in [0.15, 0.2) is 35.5 Å². The molecule has 1 aliphatic heterocycles. The summed E-state index contributed by atoms with van der Waals surface area (Å²) in [6, 6.07) is 5.12. The first-order chi connectivity index (χ1) is 20.7. The van der Waals surface area contributed by atoms with Gasteiger partial charge < -0.3 is 34.8 Å². The number of benzene rings is 1. The molecular formula is C32H43BN2O9. The third-order valence-electron chi connectivity index (χ3n) is 11.3. The molecule has 3 fully saturated rings. The lowest BCUT2D eigenvalue weighted by Crippen LogP contribution is -2.63. The Balaban J connectivity index is 1.46. The summed E-state index contributed by atoms with van der Waals surface area (Å²) in [7, 11) is -1.05. The Morgan fingerprint density at radius 3 is 2.73 bits per heavy atom. The Labute approximate surface area is 258 Å². The molecule has 44 heavy (non-hydrogen) atoms. The zero-order valence-electron chi connectivity index (χ0n) is 26.0. The number of aliphatic hydroxyl groups excluding tert-OH is 1. The van der Waals surface area contributed by atoms with E-state index in [0.717, 1.165) is 18.4 Å². The topological polar surface area (TPSA) is 164 Å². The largest absolute Gasteiger partial charge is 0.491 e. The van der Waals surface area contributed by atoms with Crippen molar-refractivity contribution in [3.63, 3.8) is 0 Å². The average molecular weight is 611 g/mol. The summed E-state index contributed by atoms with van der Waals surface area (Å²) in [4.78, 5) is 39.7. The van der Waals surface area contributed by atoms with Crippen LogP contribution >= 0.6 is 0 Å². The highest BCUT2D eigenvalue weighted by atomic mass is 16.6. The van der Waals surface area contributed by atoms with Crippen LogP contribution in [0.5, 0.6) is 5.75 Å². The number of oxime groups is 1. The second-order valence-corrected chi connectivity index (χ2v) is 13.7. The number of ketones is 1. The third-order valence-corrected chi connectivity index (χ3v) is 11.3. The molecule has 0 radical (unpaired) electrons. The van der Waals surface area contributed by atoms with Gasteiger partial charge in [-0.15, -0.1) is 0 Å². The second kappa shape index (κ2) is 11.9. The zero-order valence-corrected chi connectivity index (χ0v) is 26.0. The van der Waals surface area contributed by atoms with Gasteiger partial charge >= 0.3 is 13.1 Å². The van der Waals surface area contributed by atoms with Crippen molar-refractivity contribution < 1.29 is 43.8 Å². The van der Waals surface area contributed by atoms with Gasteiger partial charge in [-0.1, -0.05) is 45.0 Å². The van der Waals surface area contributed by atoms with E-state index in [1.54, 1.807) is 24.3 Å². The molecule has 5 rings (SSSR count). The molecule has 12 heteroatoms. The number of amides is 1. The molecule has 8 atom stereocenters. The summed E-state index contributed by atoms with van der Waals surface area (Å²) >= 11 is 0. The Hall–Kier alpha value is -3.22. The molecule has 0 aromatic heterocycles. The van der Waals surface area contributed by atoms with Crippen molar-refractivity contribution in [2.45, 2.75) is 85.5 Å². The van der Waals surface area contributed by atoms with E-state index in [1.807, 2.05) is 20.8 Å². The first-order valence-corrected chi connectivity index (χ1v) is 15.4. The fourth-order valence-corrected chi connectivity index (χ4v) is 8.59. The molecule has 1 aromatic rings. The number of nitrogens with zero attached hydrogens (tertiary/aromatic N) is 1. The average Bonchev–Trinajstić information content (AvgIpc) is 3.55. The van der Waals surface area contributed by atoms with Crippen LogP contribution in [0, 0.1) is 34.0 Å². The molecule has 238 valence electrons. The molecule has 1 heterocycles. The van der Waals surface area contributed by atoms with E-state index in [0.29, 0.717) is 30.7 Å².